The molecule has 0 unspecified atom stereocenters. The van der Waals surface area contributed by atoms with Crippen LogP contribution in [-0.2, 0) is 14.3 Å². The topological polar surface area (TPSA) is 75.4 Å². The number of esters is 1. The fourth-order valence-electron chi connectivity index (χ4n) is 3.22. The van der Waals surface area contributed by atoms with Crippen molar-refractivity contribution in [3.63, 3.8) is 0 Å². The Labute approximate surface area is 147 Å². The third kappa shape index (κ3) is 3.82. The van der Waals surface area contributed by atoms with Crippen molar-refractivity contribution in [1.29, 1.82) is 0 Å². The van der Waals surface area contributed by atoms with E-state index in [9.17, 15) is 9.59 Å². The average molecular weight is 345 g/mol. The van der Waals surface area contributed by atoms with E-state index >= 15 is 0 Å². The maximum atomic E-state index is 12.7. The summed E-state index contributed by atoms with van der Waals surface area (Å²) in [6.07, 6.45) is 0. The Hall–Kier alpha value is -2.41. The van der Waals surface area contributed by atoms with Crippen LogP contribution in [0.2, 0.25) is 0 Å². The molecule has 0 saturated carbocycles. The second-order valence-electron chi connectivity index (χ2n) is 6.47. The van der Waals surface area contributed by atoms with Gasteiger partial charge in [-0.25, -0.2) is 4.99 Å². The molecular formula is C18H25N4O3+. The molecule has 0 aliphatic carbocycles. The van der Waals surface area contributed by atoms with Crippen LogP contribution in [0.25, 0.3) is 0 Å². The molecule has 3 rings (SSSR count). The van der Waals surface area contributed by atoms with Crippen LogP contribution in [0.3, 0.4) is 0 Å². The number of nitrogens with zero attached hydrogens (tertiary/aromatic N) is 2. The van der Waals surface area contributed by atoms with Gasteiger partial charge in [-0.15, -0.1) is 0 Å². The van der Waals surface area contributed by atoms with Crippen molar-refractivity contribution < 1.29 is 19.2 Å². The maximum absolute atomic E-state index is 12.7. The van der Waals surface area contributed by atoms with Crippen LogP contribution < -0.4 is 10.2 Å². The summed E-state index contributed by atoms with van der Waals surface area (Å²) in [6, 6.07) is 8.91. The van der Waals surface area contributed by atoms with Crippen LogP contribution in [0.5, 0.6) is 0 Å². The van der Waals surface area contributed by atoms with Crippen molar-refractivity contribution in [2.45, 2.75) is 13.0 Å². The number of amides is 1. The third-order valence-electron chi connectivity index (χ3n) is 4.69. The first-order valence-electron chi connectivity index (χ1n) is 8.76. The van der Waals surface area contributed by atoms with Gasteiger partial charge in [0.1, 0.15) is 6.04 Å². The molecule has 0 spiro atoms. The fourth-order valence-corrected chi connectivity index (χ4v) is 3.22. The summed E-state index contributed by atoms with van der Waals surface area (Å²) in [4.78, 5) is 33.3. The molecule has 1 saturated heterocycles. The van der Waals surface area contributed by atoms with Crippen LogP contribution in [0.4, 0.5) is 0 Å². The predicted molar refractivity (Wildman–Crippen MR) is 93.1 cm³/mol. The fraction of sp³-hybridized carbons (Fsp3) is 0.500. The molecule has 2 atom stereocenters. The molecule has 1 amide bonds. The molecule has 1 aromatic carbocycles. The molecule has 7 heteroatoms. The van der Waals surface area contributed by atoms with Crippen molar-refractivity contribution in [1.82, 2.24) is 10.2 Å². The number of rotatable bonds is 3. The van der Waals surface area contributed by atoms with E-state index in [0.29, 0.717) is 5.96 Å². The summed E-state index contributed by atoms with van der Waals surface area (Å²) in [5.41, 5.74) is 0.840. The molecule has 0 bridgehead atoms. The standard InChI is InChI=1S/C18H24N4O3/c1-3-25-17(24)14-15(13-7-5-4-6-8-13)19-18(20-16(14)23)22-11-9-21(2)10-12-22/h4-8,14-15H,3,9-12H2,1-2H3,(H,19,20,23)/p+1/t14-,15-/m0/s1. The van der Waals surface area contributed by atoms with E-state index in [-0.39, 0.29) is 12.5 Å². The lowest BCUT2D eigenvalue weighted by Crippen LogP contribution is -3.12. The molecule has 2 N–H and O–H groups in total. The summed E-state index contributed by atoms with van der Waals surface area (Å²) in [5.74, 6) is -1.26. The van der Waals surface area contributed by atoms with Crippen molar-refractivity contribution in [3.8, 4) is 0 Å². The highest BCUT2D eigenvalue weighted by Gasteiger charge is 2.42. The molecule has 2 heterocycles. The minimum Gasteiger partial charge on any atom is -0.465 e. The smallest absolute Gasteiger partial charge is 0.321 e. The van der Waals surface area contributed by atoms with Gasteiger partial charge in [0.25, 0.3) is 0 Å². The van der Waals surface area contributed by atoms with Crippen molar-refractivity contribution >= 4 is 17.8 Å². The van der Waals surface area contributed by atoms with Crippen LogP contribution in [-0.4, -0.2) is 62.6 Å². The van der Waals surface area contributed by atoms with Crippen LogP contribution >= 0.6 is 0 Å². The number of hydrogen-bond donors (Lipinski definition) is 2. The number of ether oxygens (including phenoxy) is 1. The Morgan fingerprint density at radius 2 is 2.00 bits per heavy atom. The second-order valence-corrected chi connectivity index (χ2v) is 6.47. The van der Waals surface area contributed by atoms with Crippen molar-refractivity contribution in [2.24, 2.45) is 10.9 Å². The zero-order valence-electron chi connectivity index (χ0n) is 14.7. The van der Waals surface area contributed by atoms with Gasteiger partial charge in [0.05, 0.1) is 39.8 Å². The number of aliphatic imine (C=N–C) groups is 1. The number of benzene rings is 1. The van der Waals surface area contributed by atoms with Gasteiger partial charge in [-0.3, -0.25) is 14.9 Å². The molecule has 7 nitrogen and oxygen atoms in total. The zero-order chi connectivity index (χ0) is 17.8. The van der Waals surface area contributed by atoms with Crippen LogP contribution in [0.15, 0.2) is 35.3 Å². The maximum Gasteiger partial charge on any atom is 0.321 e. The monoisotopic (exact) mass is 345 g/mol. The molecular weight excluding hydrogens is 320 g/mol. The van der Waals surface area contributed by atoms with Crippen molar-refractivity contribution in [3.05, 3.63) is 35.9 Å². The lowest BCUT2D eigenvalue weighted by atomic mass is 9.91. The highest BCUT2D eigenvalue weighted by atomic mass is 16.5. The Bertz CT molecular complexity index is 654. The molecule has 25 heavy (non-hydrogen) atoms. The van der Waals surface area contributed by atoms with Gasteiger partial charge in [0.15, 0.2) is 5.92 Å². The first kappa shape index (κ1) is 17.4. The summed E-state index contributed by atoms with van der Waals surface area (Å²) < 4.78 is 5.11. The number of carbonyl (C=O) groups excluding carboxylic acids is 2. The van der Waals surface area contributed by atoms with Crippen LogP contribution in [0.1, 0.15) is 18.5 Å². The lowest BCUT2D eigenvalue weighted by molar-refractivity contribution is -0.883. The highest BCUT2D eigenvalue weighted by molar-refractivity contribution is 6.08. The van der Waals surface area contributed by atoms with Gasteiger partial charge in [0.2, 0.25) is 11.9 Å². The van der Waals surface area contributed by atoms with Gasteiger partial charge >= 0.3 is 5.97 Å². The van der Waals surface area contributed by atoms with E-state index in [1.54, 1.807) is 6.92 Å². The Morgan fingerprint density at radius 3 is 2.64 bits per heavy atom. The highest BCUT2D eigenvalue weighted by Crippen LogP contribution is 2.30. The summed E-state index contributed by atoms with van der Waals surface area (Å²) in [5, 5.41) is 2.82. The summed E-state index contributed by atoms with van der Waals surface area (Å²) >= 11 is 0. The number of carbonyl (C=O) groups is 2. The van der Waals surface area contributed by atoms with Gasteiger partial charge in [-0.05, 0) is 12.5 Å². The molecule has 2 aliphatic heterocycles. The summed E-state index contributed by atoms with van der Waals surface area (Å²) in [6.45, 7) is 5.62. The predicted octanol–water partition coefficient (Wildman–Crippen LogP) is -0.777. The van der Waals surface area contributed by atoms with E-state index in [4.69, 9.17) is 9.73 Å². The Morgan fingerprint density at radius 1 is 1.32 bits per heavy atom. The van der Waals surface area contributed by atoms with E-state index in [0.717, 1.165) is 31.7 Å². The number of likely N-dealkylation sites (N-methyl/N-ethyl adjacent to an activating group) is 1. The minimum absolute atomic E-state index is 0.238. The SMILES string of the molecule is CCOC(=O)[C@@H]1C(=O)NC(N2CC[NH+](C)CC2)=N[C@H]1c1ccccc1. The Kier molecular flexibility index (Phi) is 5.33. The zero-order valence-corrected chi connectivity index (χ0v) is 14.7. The quantitative estimate of drug-likeness (QED) is 0.557. The molecule has 0 radical (unpaired) electrons. The van der Waals surface area contributed by atoms with E-state index < -0.39 is 17.9 Å². The second kappa shape index (κ2) is 7.65. The molecule has 2 aliphatic rings. The van der Waals surface area contributed by atoms with Crippen LogP contribution in [0, 0.1) is 5.92 Å². The molecule has 1 aromatic rings. The van der Waals surface area contributed by atoms with Gasteiger partial charge < -0.3 is 14.5 Å². The molecule has 1 fully saturated rings. The van der Waals surface area contributed by atoms with E-state index in [1.165, 1.54) is 4.90 Å². The number of nitrogens with one attached hydrogen (secondary N) is 2. The number of quaternary nitrogens is 1. The van der Waals surface area contributed by atoms with Gasteiger partial charge in [0, 0.05) is 0 Å². The lowest BCUT2D eigenvalue weighted by Gasteiger charge is -2.36. The molecule has 134 valence electrons. The minimum atomic E-state index is -0.954. The largest absolute Gasteiger partial charge is 0.465 e. The van der Waals surface area contributed by atoms with E-state index in [1.807, 2.05) is 30.3 Å². The normalized spacial score (nSPS) is 24.5. The Balaban J connectivity index is 1.91. The number of guanidine groups is 1. The first-order chi connectivity index (χ1) is 12.1. The molecule has 0 aromatic heterocycles. The third-order valence-corrected chi connectivity index (χ3v) is 4.69. The first-order valence-corrected chi connectivity index (χ1v) is 8.76. The van der Waals surface area contributed by atoms with E-state index in [2.05, 4.69) is 17.3 Å². The average Bonchev–Trinajstić information content (AvgIpc) is 2.62. The number of hydrogen-bond acceptors (Lipinski definition) is 5. The van der Waals surface area contributed by atoms with Crippen molar-refractivity contribution in [2.75, 3.05) is 39.8 Å². The summed E-state index contributed by atoms with van der Waals surface area (Å²) in [7, 11) is 2.15. The van der Waals surface area contributed by atoms with Gasteiger partial charge in [-0.2, -0.15) is 0 Å². The van der Waals surface area contributed by atoms with Gasteiger partial charge in [-0.1, -0.05) is 30.3 Å². The number of piperazine rings is 1.